The van der Waals surface area contributed by atoms with Gasteiger partial charge in [-0.25, -0.2) is 13.1 Å². The minimum absolute atomic E-state index is 0.0233. The zero-order valence-corrected chi connectivity index (χ0v) is 11.1. The van der Waals surface area contributed by atoms with E-state index in [1.165, 1.54) is 0 Å². The molecule has 5 nitrogen and oxygen atoms in total. The van der Waals surface area contributed by atoms with E-state index >= 15 is 0 Å². The van der Waals surface area contributed by atoms with Crippen molar-refractivity contribution >= 4 is 10.0 Å². The minimum atomic E-state index is -3.21. The summed E-state index contributed by atoms with van der Waals surface area (Å²) in [6, 6.07) is 0.234. The van der Waals surface area contributed by atoms with E-state index < -0.39 is 10.0 Å². The molecule has 2 aliphatic heterocycles. The quantitative estimate of drug-likeness (QED) is 0.761. The van der Waals surface area contributed by atoms with E-state index in [9.17, 15) is 8.42 Å². The molecule has 2 fully saturated rings. The van der Waals surface area contributed by atoms with Gasteiger partial charge in [-0.1, -0.05) is 0 Å². The topological polar surface area (TPSA) is 67.4 Å². The van der Waals surface area contributed by atoms with Gasteiger partial charge < -0.3 is 10.1 Å². The zero-order valence-electron chi connectivity index (χ0n) is 10.3. The fraction of sp³-hybridized carbons (Fsp3) is 1.00. The molecule has 0 aromatic heterocycles. The maximum atomic E-state index is 12.0. The van der Waals surface area contributed by atoms with Crippen LogP contribution < -0.4 is 10.0 Å². The summed E-state index contributed by atoms with van der Waals surface area (Å²) in [5.74, 6) is 0.107. The molecule has 2 saturated heterocycles. The smallest absolute Gasteiger partial charge is 0.214 e. The molecule has 0 aliphatic carbocycles. The molecule has 0 spiro atoms. The van der Waals surface area contributed by atoms with Crippen LogP contribution in [0, 0.1) is 0 Å². The Hall–Kier alpha value is -0.170. The summed E-state index contributed by atoms with van der Waals surface area (Å²) in [7, 11) is -3.21. The molecule has 2 rings (SSSR count). The fourth-order valence-electron chi connectivity index (χ4n) is 2.50. The molecular weight excluding hydrogens is 240 g/mol. The predicted octanol–water partition coefficient (Wildman–Crippen LogP) is 0.225. The third kappa shape index (κ3) is 3.91. The first-order valence-electron chi connectivity index (χ1n) is 6.42. The summed E-state index contributed by atoms with van der Waals surface area (Å²) in [5, 5.41) is 3.29. The highest BCUT2D eigenvalue weighted by molar-refractivity contribution is 7.89. The van der Waals surface area contributed by atoms with Crippen LogP contribution in [0.4, 0.5) is 0 Å². The zero-order chi connectivity index (χ0) is 12.3. The Labute approximate surface area is 103 Å². The fourth-order valence-corrected chi connectivity index (χ4v) is 4.14. The number of sulfonamides is 1. The van der Waals surface area contributed by atoms with Crippen molar-refractivity contribution in [3.63, 3.8) is 0 Å². The lowest BCUT2D eigenvalue weighted by atomic mass is 10.0. The molecule has 0 saturated carbocycles. The number of nitrogens with one attached hydrogen (secondary N) is 2. The summed E-state index contributed by atoms with van der Waals surface area (Å²) >= 11 is 0. The summed E-state index contributed by atoms with van der Waals surface area (Å²) < 4.78 is 32.1. The number of rotatable bonds is 4. The van der Waals surface area contributed by atoms with Crippen LogP contribution in [0.5, 0.6) is 0 Å². The summed E-state index contributed by atoms with van der Waals surface area (Å²) in [4.78, 5) is 0. The molecule has 0 amide bonds. The lowest BCUT2D eigenvalue weighted by Gasteiger charge is -2.30. The maximum absolute atomic E-state index is 12.0. The van der Waals surface area contributed by atoms with Crippen LogP contribution in [0.3, 0.4) is 0 Å². The van der Waals surface area contributed by atoms with E-state index in [1.54, 1.807) is 0 Å². The summed E-state index contributed by atoms with van der Waals surface area (Å²) in [6.45, 7) is 3.70. The highest BCUT2D eigenvalue weighted by atomic mass is 32.2. The van der Waals surface area contributed by atoms with Crippen molar-refractivity contribution in [3.05, 3.63) is 0 Å². The molecule has 0 radical (unpaired) electrons. The Morgan fingerprint density at radius 3 is 2.82 bits per heavy atom. The molecule has 17 heavy (non-hydrogen) atoms. The third-order valence-electron chi connectivity index (χ3n) is 3.52. The summed E-state index contributed by atoms with van der Waals surface area (Å²) in [6.07, 6.45) is 3.66. The number of ether oxygens (including phenoxy) is 1. The van der Waals surface area contributed by atoms with Crippen LogP contribution in [-0.2, 0) is 14.8 Å². The molecule has 0 bridgehead atoms. The van der Waals surface area contributed by atoms with E-state index in [-0.39, 0.29) is 23.9 Å². The van der Waals surface area contributed by atoms with Gasteiger partial charge >= 0.3 is 0 Å². The Morgan fingerprint density at radius 1 is 1.35 bits per heavy atom. The molecule has 2 N–H and O–H groups in total. The van der Waals surface area contributed by atoms with Crippen LogP contribution >= 0.6 is 0 Å². The van der Waals surface area contributed by atoms with Gasteiger partial charge in [-0.3, -0.25) is 0 Å². The minimum Gasteiger partial charge on any atom is -0.377 e. The lowest BCUT2D eigenvalue weighted by molar-refractivity contribution is 0.127. The molecule has 100 valence electrons. The van der Waals surface area contributed by atoms with Gasteiger partial charge in [-0.05, 0) is 39.2 Å². The van der Waals surface area contributed by atoms with Crippen molar-refractivity contribution in [1.29, 1.82) is 0 Å². The average Bonchev–Trinajstić information content (AvgIpc) is 2.73. The van der Waals surface area contributed by atoms with Gasteiger partial charge in [0.05, 0.1) is 11.9 Å². The third-order valence-corrected chi connectivity index (χ3v) is 4.99. The molecule has 2 heterocycles. The number of piperidine rings is 1. The second-order valence-electron chi connectivity index (χ2n) is 5.03. The van der Waals surface area contributed by atoms with Gasteiger partial charge in [0.25, 0.3) is 0 Å². The van der Waals surface area contributed by atoms with E-state index in [4.69, 9.17) is 4.74 Å². The Morgan fingerprint density at radius 2 is 2.18 bits per heavy atom. The van der Waals surface area contributed by atoms with Crippen LogP contribution in [0.2, 0.25) is 0 Å². The van der Waals surface area contributed by atoms with Crippen molar-refractivity contribution in [2.24, 2.45) is 0 Å². The van der Waals surface area contributed by atoms with E-state index in [1.807, 2.05) is 6.92 Å². The maximum Gasteiger partial charge on any atom is 0.214 e. The largest absolute Gasteiger partial charge is 0.377 e. The summed E-state index contributed by atoms with van der Waals surface area (Å²) in [5.41, 5.74) is 0. The first-order valence-corrected chi connectivity index (χ1v) is 8.07. The van der Waals surface area contributed by atoms with Crippen LogP contribution in [0.25, 0.3) is 0 Å². The number of hydrogen-bond donors (Lipinski definition) is 2. The lowest BCUT2D eigenvalue weighted by Crippen LogP contribution is -2.52. The highest BCUT2D eigenvalue weighted by Gasteiger charge is 2.28. The first kappa shape index (κ1) is 13.3. The van der Waals surface area contributed by atoms with Gasteiger partial charge in [-0.15, -0.1) is 0 Å². The SMILES string of the molecule is CC1NCCCC1NS(=O)(=O)CC1CCCO1. The first-order chi connectivity index (χ1) is 8.07. The van der Waals surface area contributed by atoms with Gasteiger partial charge in [-0.2, -0.15) is 0 Å². The van der Waals surface area contributed by atoms with Gasteiger partial charge in [0.15, 0.2) is 0 Å². The highest BCUT2D eigenvalue weighted by Crippen LogP contribution is 2.15. The average molecular weight is 262 g/mol. The van der Waals surface area contributed by atoms with Crippen LogP contribution in [-0.4, -0.2) is 45.5 Å². The van der Waals surface area contributed by atoms with E-state index in [0.29, 0.717) is 6.61 Å². The van der Waals surface area contributed by atoms with Gasteiger partial charge in [0, 0.05) is 18.7 Å². The van der Waals surface area contributed by atoms with Crippen molar-refractivity contribution in [2.45, 2.75) is 50.8 Å². The van der Waals surface area contributed by atoms with Crippen molar-refractivity contribution in [2.75, 3.05) is 18.9 Å². The second-order valence-corrected chi connectivity index (χ2v) is 6.82. The normalized spacial score (nSPS) is 35.0. The van der Waals surface area contributed by atoms with E-state index in [2.05, 4.69) is 10.0 Å². The molecular formula is C11H22N2O3S. The van der Waals surface area contributed by atoms with Crippen LogP contribution in [0.15, 0.2) is 0 Å². The predicted molar refractivity (Wildman–Crippen MR) is 66.4 cm³/mol. The molecule has 0 aromatic rings. The monoisotopic (exact) mass is 262 g/mol. The number of hydrogen-bond acceptors (Lipinski definition) is 4. The van der Waals surface area contributed by atoms with Crippen molar-refractivity contribution < 1.29 is 13.2 Å². The Bertz CT molecular complexity index is 339. The molecule has 3 atom stereocenters. The standard InChI is InChI=1S/C11H22N2O3S/c1-9-11(5-2-6-12-9)13-17(14,15)8-10-4-3-7-16-10/h9-13H,2-8H2,1H3. The van der Waals surface area contributed by atoms with Crippen LogP contribution in [0.1, 0.15) is 32.6 Å². The van der Waals surface area contributed by atoms with Crippen molar-refractivity contribution in [1.82, 2.24) is 10.0 Å². The van der Waals surface area contributed by atoms with Gasteiger partial charge in [0.1, 0.15) is 0 Å². The Kier molecular flexibility index (Phi) is 4.41. The van der Waals surface area contributed by atoms with Gasteiger partial charge in [0.2, 0.25) is 10.0 Å². The van der Waals surface area contributed by atoms with E-state index in [0.717, 1.165) is 32.2 Å². The van der Waals surface area contributed by atoms with Crippen molar-refractivity contribution in [3.8, 4) is 0 Å². The molecule has 0 aromatic carbocycles. The molecule has 6 heteroatoms. The molecule has 3 unspecified atom stereocenters. The Balaban J connectivity index is 1.87. The molecule has 2 aliphatic rings. The second kappa shape index (κ2) is 5.65.